The third kappa shape index (κ3) is 3.85. The van der Waals surface area contributed by atoms with Crippen LogP contribution in [0.5, 0.6) is 0 Å². The van der Waals surface area contributed by atoms with Crippen LogP contribution >= 0.6 is 11.3 Å². The van der Waals surface area contributed by atoms with Gasteiger partial charge in [-0.1, -0.05) is 43.3 Å². The molecule has 0 saturated carbocycles. The summed E-state index contributed by atoms with van der Waals surface area (Å²) >= 11 is 1.51. The van der Waals surface area contributed by atoms with E-state index in [2.05, 4.69) is 12.0 Å². The monoisotopic (exact) mass is 401 g/mol. The number of aromatic nitrogens is 2. The molecule has 0 radical (unpaired) electrons. The van der Waals surface area contributed by atoms with Crippen LogP contribution in [0.4, 0.5) is 0 Å². The standard InChI is InChI=1S/C20H23N3O2S2/c1-16-7-5-11-23(13-16)27(24,25)19-15-22(14-17-8-3-2-4-9-17)21-20(19)18-10-6-12-26-18/h2-4,6,8-10,12,15-16H,5,7,11,13-14H2,1H3. The zero-order valence-electron chi connectivity index (χ0n) is 15.3. The smallest absolute Gasteiger partial charge is 0.246 e. The van der Waals surface area contributed by atoms with E-state index < -0.39 is 10.0 Å². The zero-order valence-corrected chi connectivity index (χ0v) is 16.9. The summed E-state index contributed by atoms with van der Waals surface area (Å²) in [4.78, 5) is 1.19. The van der Waals surface area contributed by atoms with Gasteiger partial charge in [-0.15, -0.1) is 11.3 Å². The highest BCUT2D eigenvalue weighted by Gasteiger charge is 2.33. The van der Waals surface area contributed by atoms with Gasteiger partial charge in [-0.3, -0.25) is 4.68 Å². The molecule has 0 aliphatic carbocycles. The van der Waals surface area contributed by atoms with E-state index in [1.807, 2.05) is 47.8 Å². The summed E-state index contributed by atoms with van der Waals surface area (Å²) in [6.07, 6.45) is 3.68. The van der Waals surface area contributed by atoms with E-state index in [0.29, 0.717) is 36.1 Å². The van der Waals surface area contributed by atoms with Gasteiger partial charge in [-0.2, -0.15) is 9.40 Å². The maximum Gasteiger partial charge on any atom is 0.246 e. The number of hydrogen-bond donors (Lipinski definition) is 0. The molecule has 4 rings (SSSR count). The minimum atomic E-state index is -3.57. The van der Waals surface area contributed by atoms with Crippen molar-refractivity contribution >= 4 is 21.4 Å². The number of hydrogen-bond acceptors (Lipinski definition) is 4. The SMILES string of the molecule is CC1CCCN(S(=O)(=O)c2cn(Cc3ccccc3)nc2-c2cccs2)C1. The second-order valence-corrected chi connectivity index (χ2v) is 9.97. The molecule has 1 unspecified atom stereocenters. The average molecular weight is 402 g/mol. The normalized spacial score (nSPS) is 18.6. The summed E-state index contributed by atoms with van der Waals surface area (Å²) in [6, 6.07) is 13.8. The van der Waals surface area contributed by atoms with Crippen molar-refractivity contribution in [3.8, 4) is 10.6 Å². The lowest BCUT2D eigenvalue weighted by Crippen LogP contribution is -2.39. The van der Waals surface area contributed by atoms with Gasteiger partial charge in [0.15, 0.2) is 0 Å². The van der Waals surface area contributed by atoms with Gasteiger partial charge in [0.25, 0.3) is 0 Å². The summed E-state index contributed by atoms with van der Waals surface area (Å²) in [5.41, 5.74) is 1.65. The van der Waals surface area contributed by atoms with E-state index in [-0.39, 0.29) is 0 Å². The Morgan fingerprint density at radius 2 is 2.00 bits per heavy atom. The van der Waals surface area contributed by atoms with Crippen LogP contribution in [0.1, 0.15) is 25.3 Å². The minimum Gasteiger partial charge on any atom is -0.266 e. The lowest BCUT2D eigenvalue weighted by molar-refractivity contribution is 0.281. The van der Waals surface area contributed by atoms with E-state index in [9.17, 15) is 8.42 Å². The molecule has 1 fully saturated rings. The topological polar surface area (TPSA) is 55.2 Å². The lowest BCUT2D eigenvalue weighted by Gasteiger charge is -2.29. The predicted molar refractivity (Wildman–Crippen MR) is 108 cm³/mol. The molecule has 1 atom stereocenters. The van der Waals surface area contributed by atoms with Crippen molar-refractivity contribution in [2.24, 2.45) is 5.92 Å². The highest BCUT2D eigenvalue weighted by Crippen LogP contribution is 2.33. The molecule has 7 heteroatoms. The van der Waals surface area contributed by atoms with E-state index >= 15 is 0 Å². The quantitative estimate of drug-likeness (QED) is 0.647. The Labute approximate surface area is 164 Å². The van der Waals surface area contributed by atoms with Crippen LogP contribution in [0.15, 0.2) is 58.9 Å². The first-order valence-corrected chi connectivity index (χ1v) is 11.5. The molecule has 0 N–H and O–H groups in total. The van der Waals surface area contributed by atoms with Gasteiger partial charge < -0.3 is 0 Å². The molecule has 27 heavy (non-hydrogen) atoms. The van der Waals surface area contributed by atoms with Crippen LogP contribution in [0.2, 0.25) is 0 Å². The van der Waals surface area contributed by atoms with Crippen LogP contribution in [-0.4, -0.2) is 35.6 Å². The van der Waals surface area contributed by atoms with Gasteiger partial charge in [0.05, 0.1) is 11.4 Å². The van der Waals surface area contributed by atoms with E-state index in [1.54, 1.807) is 15.2 Å². The number of benzene rings is 1. The molecule has 0 spiro atoms. The molecule has 1 aliphatic heterocycles. The average Bonchev–Trinajstić information content (AvgIpc) is 3.32. The third-order valence-electron chi connectivity index (χ3n) is 4.91. The van der Waals surface area contributed by atoms with Crippen LogP contribution < -0.4 is 0 Å². The van der Waals surface area contributed by atoms with Gasteiger partial charge in [0.2, 0.25) is 10.0 Å². The molecule has 2 aromatic heterocycles. The molecule has 0 amide bonds. The molecular weight excluding hydrogens is 378 g/mol. The maximum absolute atomic E-state index is 13.4. The number of nitrogens with zero attached hydrogens (tertiary/aromatic N) is 3. The Morgan fingerprint density at radius 1 is 1.19 bits per heavy atom. The van der Waals surface area contributed by atoms with Crippen LogP contribution in [-0.2, 0) is 16.6 Å². The summed E-state index contributed by atoms with van der Waals surface area (Å²) in [6.45, 7) is 3.82. The lowest BCUT2D eigenvalue weighted by atomic mass is 10.0. The zero-order chi connectivity index (χ0) is 18.9. The van der Waals surface area contributed by atoms with Crippen LogP contribution in [0, 0.1) is 5.92 Å². The molecule has 1 saturated heterocycles. The number of rotatable bonds is 5. The van der Waals surface area contributed by atoms with Crippen molar-refractivity contribution < 1.29 is 8.42 Å². The number of sulfonamides is 1. The second kappa shape index (κ2) is 7.58. The van der Waals surface area contributed by atoms with Gasteiger partial charge in [0, 0.05) is 19.3 Å². The highest BCUT2D eigenvalue weighted by molar-refractivity contribution is 7.89. The summed E-state index contributed by atoms with van der Waals surface area (Å²) in [7, 11) is -3.57. The van der Waals surface area contributed by atoms with E-state index in [0.717, 1.165) is 23.3 Å². The molecule has 1 aliphatic rings. The Bertz CT molecular complexity index is 995. The summed E-state index contributed by atoms with van der Waals surface area (Å²) < 4.78 is 30.2. The largest absolute Gasteiger partial charge is 0.266 e. The minimum absolute atomic E-state index is 0.315. The third-order valence-corrected chi connectivity index (χ3v) is 7.65. The van der Waals surface area contributed by atoms with Crippen LogP contribution in [0.25, 0.3) is 10.6 Å². The maximum atomic E-state index is 13.4. The molecule has 142 valence electrons. The Balaban J connectivity index is 1.74. The first-order valence-electron chi connectivity index (χ1n) is 9.19. The van der Waals surface area contributed by atoms with E-state index in [1.165, 1.54) is 11.3 Å². The molecule has 3 aromatic rings. The summed E-state index contributed by atoms with van der Waals surface area (Å²) in [5, 5.41) is 6.60. The van der Waals surface area contributed by atoms with Gasteiger partial charge in [0.1, 0.15) is 10.6 Å². The van der Waals surface area contributed by atoms with Crippen molar-refractivity contribution in [2.75, 3.05) is 13.1 Å². The van der Waals surface area contributed by atoms with Crippen molar-refractivity contribution in [3.05, 3.63) is 59.6 Å². The Kier molecular flexibility index (Phi) is 5.16. The predicted octanol–water partition coefficient (Wildman–Crippen LogP) is 4.08. The van der Waals surface area contributed by atoms with Crippen molar-refractivity contribution in [3.63, 3.8) is 0 Å². The van der Waals surface area contributed by atoms with Gasteiger partial charge in [-0.25, -0.2) is 8.42 Å². The molecule has 5 nitrogen and oxygen atoms in total. The fourth-order valence-electron chi connectivity index (χ4n) is 3.53. The van der Waals surface area contributed by atoms with Crippen molar-refractivity contribution in [2.45, 2.75) is 31.2 Å². The van der Waals surface area contributed by atoms with Crippen molar-refractivity contribution in [1.82, 2.24) is 14.1 Å². The fraction of sp³-hybridized carbons (Fsp3) is 0.350. The van der Waals surface area contributed by atoms with Gasteiger partial charge >= 0.3 is 0 Å². The van der Waals surface area contributed by atoms with Gasteiger partial charge in [-0.05, 0) is 35.8 Å². The number of thiophene rings is 1. The Hall–Kier alpha value is -1.96. The molecular formula is C20H23N3O2S2. The van der Waals surface area contributed by atoms with E-state index in [4.69, 9.17) is 0 Å². The molecule has 1 aromatic carbocycles. The van der Waals surface area contributed by atoms with Crippen molar-refractivity contribution in [1.29, 1.82) is 0 Å². The first kappa shape index (κ1) is 18.4. The molecule has 3 heterocycles. The van der Waals surface area contributed by atoms with Crippen LogP contribution in [0.3, 0.4) is 0 Å². The first-order chi connectivity index (χ1) is 13.0. The number of piperidine rings is 1. The second-order valence-electron chi connectivity index (χ2n) is 7.11. The fourth-order valence-corrected chi connectivity index (χ4v) is 6.07. The molecule has 0 bridgehead atoms. The summed E-state index contributed by atoms with van der Waals surface area (Å²) in [5.74, 6) is 0.387. The Morgan fingerprint density at radius 3 is 2.70 bits per heavy atom. The highest BCUT2D eigenvalue weighted by atomic mass is 32.2.